The number of allylic oxidation sites excluding steroid dienone is 1. The van der Waals surface area contributed by atoms with Crippen LogP contribution in [0.3, 0.4) is 0 Å². The Labute approximate surface area is 256 Å². The number of rotatable bonds is 3. The van der Waals surface area contributed by atoms with Gasteiger partial charge < -0.3 is 0 Å². The van der Waals surface area contributed by atoms with Gasteiger partial charge in [-0.3, -0.25) is 0 Å². The van der Waals surface area contributed by atoms with E-state index >= 15 is 17.6 Å². The summed E-state index contributed by atoms with van der Waals surface area (Å²) >= 11 is 0. The van der Waals surface area contributed by atoms with Gasteiger partial charge in [-0.05, 0) is 0 Å². The number of hydrogen-bond acceptors (Lipinski definition) is 0. The average Bonchev–Trinajstić information content (AvgIpc) is 3.52. The van der Waals surface area contributed by atoms with Crippen LogP contribution in [0.15, 0.2) is 48.0 Å². The molecule has 1 aliphatic heterocycles. The molecule has 0 spiro atoms. The Hall–Kier alpha value is -4.45. The van der Waals surface area contributed by atoms with E-state index in [1.54, 1.807) is 38.2 Å². The summed E-state index contributed by atoms with van der Waals surface area (Å²) < 4.78 is 150. The van der Waals surface area contributed by atoms with Crippen LogP contribution in [0.2, 0.25) is 13.1 Å². The molecule has 0 N–H and O–H groups in total. The quantitative estimate of drug-likeness (QED) is 0.0802. The van der Waals surface area contributed by atoms with Crippen LogP contribution < -0.4 is 10.4 Å². The molecule has 2 aliphatic rings. The summed E-state index contributed by atoms with van der Waals surface area (Å²) in [6.07, 6.45) is 0. The molecule has 0 atom stereocenters. The van der Waals surface area contributed by atoms with Crippen molar-refractivity contribution in [2.45, 2.75) is 20.0 Å². The van der Waals surface area contributed by atoms with Crippen LogP contribution in [-0.4, -0.2) is 21.0 Å². The van der Waals surface area contributed by atoms with Crippen LogP contribution in [-0.2, 0) is 0 Å². The summed E-state index contributed by atoms with van der Waals surface area (Å²) in [6.45, 7) is 4.99. The number of fused-ring (bicyclic) bond motifs is 4. The zero-order valence-corrected chi connectivity index (χ0v) is 25.0. The van der Waals surface area contributed by atoms with Crippen LogP contribution in [0.5, 0.6) is 0 Å². The monoisotopic (exact) mass is 654 g/mol. The molecule has 46 heavy (non-hydrogen) atoms. The maximum absolute atomic E-state index is 15.7. The Morgan fingerprint density at radius 2 is 0.913 bits per heavy atom. The van der Waals surface area contributed by atoms with E-state index in [-0.39, 0.29) is 16.2 Å². The van der Waals surface area contributed by atoms with E-state index < -0.39 is 88.5 Å². The van der Waals surface area contributed by atoms with Gasteiger partial charge in [0, 0.05) is 0 Å². The van der Waals surface area contributed by atoms with Crippen molar-refractivity contribution in [3.8, 4) is 22.3 Å². The molecule has 0 saturated carbocycles. The van der Waals surface area contributed by atoms with Gasteiger partial charge >= 0.3 is 257 Å². The van der Waals surface area contributed by atoms with Crippen LogP contribution >= 0.6 is 0 Å². The third kappa shape index (κ3) is 3.67. The standard InChI is InChI=1S/C34H17BF10Si/c1-11-15(14-10-6-8-12-7-4-5-9-13(12)14)18-17(22(11)35)16(20-23(36)27(40)31(44)28(41)24(20)37)19(34-33(18)46(34,2)3)21-25(38)29(42)32(45)30(43)26(21)39/h4-10,35H,1-3H3. The van der Waals surface area contributed by atoms with Gasteiger partial charge in [0.2, 0.25) is 0 Å². The Balaban J connectivity index is 1.74. The number of hydrogen-bond donors (Lipinski definition) is 0. The summed E-state index contributed by atoms with van der Waals surface area (Å²) in [5.41, 5.74) is -3.18. The summed E-state index contributed by atoms with van der Waals surface area (Å²) in [7, 11) is 0.968. The van der Waals surface area contributed by atoms with Crippen molar-refractivity contribution in [2.75, 3.05) is 0 Å². The molecular weight excluding hydrogens is 637 g/mol. The van der Waals surface area contributed by atoms with Crippen molar-refractivity contribution in [1.29, 1.82) is 0 Å². The van der Waals surface area contributed by atoms with Crippen molar-refractivity contribution < 1.29 is 43.9 Å². The van der Waals surface area contributed by atoms with E-state index in [2.05, 4.69) is 7.49 Å². The Bertz CT molecular complexity index is 2260. The molecule has 1 heterocycles. The van der Waals surface area contributed by atoms with Gasteiger partial charge in [-0.15, -0.1) is 0 Å². The van der Waals surface area contributed by atoms with E-state index in [4.69, 9.17) is 0 Å². The van der Waals surface area contributed by atoms with Gasteiger partial charge in [-0.2, -0.15) is 0 Å². The Morgan fingerprint density at radius 1 is 0.478 bits per heavy atom. The van der Waals surface area contributed by atoms with Gasteiger partial charge in [0.25, 0.3) is 0 Å². The molecule has 0 amide bonds. The number of halogens is 10. The summed E-state index contributed by atoms with van der Waals surface area (Å²) in [5.74, 6) is -23.7. The van der Waals surface area contributed by atoms with E-state index in [9.17, 15) is 26.3 Å². The molecule has 0 radical (unpaired) electrons. The average molecular weight is 654 g/mol. The van der Waals surface area contributed by atoms with Crippen molar-refractivity contribution in [1.82, 2.24) is 0 Å². The van der Waals surface area contributed by atoms with Gasteiger partial charge in [-0.1, -0.05) is 0 Å². The Kier molecular flexibility index (Phi) is 6.42. The molecule has 230 valence electrons. The fraction of sp³-hybridized carbons (Fsp3) is 0.0882. The minimum atomic E-state index is -3.07. The van der Waals surface area contributed by atoms with Crippen molar-refractivity contribution in [2.24, 2.45) is 0 Å². The molecule has 1 aliphatic carbocycles. The third-order valence-corrected chi connectivity index (χ3v) is 12.3. The summed E-state index contributed by atoms with van der Waals surface area (Å²) in [4.78, 5) is 0. The van der Waals surface area contributed by atoms with Crippen LogP contribution in [0.25, 0.3) is 38.6 Å². The van der Waals surface area contributed by atoms with Crippen LogP contribution in [0, 0.1) is 58.2 Å². The second kappa shape index (κ2) is 9.78. The van der Waals surface area contributed by atoms with Gasteiger partial charge in [0.1, 0.15) is 0 Å². The minimum absolute atomic E-state index is 0.0153. The molecule has 5 aromatic carbocycles. The zero-order valence-electron chi connectivity index (χ0n) is 24.0. The van der Waals surface area contributed by atoms with Crippen molar-refractivity contribution in [3.05, 3.63) is 123 Å². The SMILES string of the molecule is B=C1C(C)=C(c2cccc3ccccc23)c2c1c(-c1c(F)c(F)c(F)c(F)c1F)c(-c1c(F)c(F)c(F)c(F)c1F)c1c2[Si]1(C)C. The molecule has 0 unspecified atom stereocenters. The summed E-state index contributed by atoms with van der Waals surface area (Å²) in [6, 6.07) is 12.6. The molecule has 0 aromatic heterocycles. The van der Waals surface area contributed by atoms with Gasteiger partial charge in [0.05, 0.1) is 0 Å². The van der Waals surface area contributed by atoms with E-state index in [0.717, 1.165) is 10.8 Å². The summed E-state index contributed by atoms with van der Waals surface area (Å²) in [5, 5.41) is 2.08. The normalized spacial score (nSPS) is 14.7. The molecular formula is C34H17BF10Si. The van der Waals surface area contributed by atoms with Gasteiger partial charge in [0.15, 0.2) is 0 Å². The predicted octanol–water partition coefficient (Wildman–Crippen LogP) is 7.96. The zero-order chi connectivity index (χ0) is 33.3. The first-order valence-electron chi connectivity index (χ1n) is 13.8. The van der Waals surface area contributed by atoms with Crippen molar-refractivity contribution >= 4 is 47.7 Å². The van der Waals surface area contributed by atoms with Crippen molar-refractivity contribution in [3.63, 3.8) is 0 Å². The van der Waals surface area contributed by atoms with Crippen LogP contribution in [0.1, 0.15) is 23.6 Å². The second-order valence-corrected chi connectivity index (χ2v) is 16.0. The topological polar surface area (TPSA) is 0 Å². The molecule has 0 nitrogen and oxygen atoms in total. The van der Waals surface area contributed by atoms with E-state index in [0.29, 0.717) is 27.5 Å². The maximum atomic E-state index is 15.7. The third-order valence-electron chi connectivity index (χ3n) is 9.05. The molecule has 0 saturated heterocycles. The van der Waals surface area contributed by atoms with Gasteiger partial charge in [-0.25, -0.2) is 0 Å². The molecule has 5 aromatic rings. The second-order valence-electron chi connectivity index (χ2n) is 11.8. The Morgan fingerprint density at radius 3 is 1.46 bits per heavy atom. The molecule has 0 fully saturated rings. The first-order chi connectivity index (χ1) is 21.6. The number of benzene rings is 5. The fourth-order valence-electron chi connectivity index (χ4n) is 6.85. The predicted molar refractivity (Wildman–Crippen MR) is 161 cm³/mol. The van der Waals surface area contributed by atoms with E-state index in [1.807, 2.05) is 24.3 Å². The molecule has 0 bridgehead atoms. The molecule has 7 rings (SSSR count). The fourth-order valence-corrected chi connectivity index (χ4v) is 10.5. The first kappa shape index (κ1) is 30.2. The van der Waals surface area contributed by atoms with E-state index in [1.165, 1.54) is 0 Å². The first-order valence-corrected chi connectivity index (χ1v) is 16.8. The van der Waals surface area contributed by atoms with Crippen LogP contribution in [0.4, 0.5) is 43.9 Å². The molecule has 12 heteroatoms.